The summed E-state index contributed by atoms with van der Waals surface area (Å²) >= 11 is 0. The lowest BCUT2D eigenvalue weighted by atomic mass is 9.94. The van der Waals surface area contributed by atoms with E-state index >= 15 is 0 Å². The Bertz CT molecular complexity index is 2960. The highest BCUT2D eigenvalue weighted by Gasteiger charge is 2.45. The Morgan fingerprint density at radius 3 is 0.877 bits per heavy atom. The van der Waals surface area contributed by atoms with Crippen LogP contribution in [0, 0.1) is 11.6 Å². The third kappa shape index (κ3) is 8.29. The fraction of sp³-hybridized carbons (Fsp3) is 0.0333. The maximum absolute atomic E-state index is 7.21. The molecule has 11 rings (SSSR count). The quantitative estimate of drug-likeness (QED) is 0.0714. The summed E-state index contributed by atoms with van der Waals surface area (Å²) in [7, 11) is -4.50. The van der Waals surface area contributed by atoms with Crippen LogP contribution in [0.1, 0.15) is 28.9 Å². The van der Waals surface area contributed by atoms with E-state index < -0.39 is 31.7 Å². The highest BCUT2D eigenvalue weighted by Crippen LogP contribution is 2.53. The van der Waals surface area contributed by atoms with Gasteiger partial charge in [0.05, 0.1) is 0 Å². The molecule has 2 aliphatic heterocycles. The van der Waals surface area contributed by atoms with Crippen molar-refractivity contribution in [2.75, 3.05) is 0 Å². The standard InChI is InChI=1S/C60H44OP4/c1-9-25-45(26-10-1)62(46-27-11-2-12-28-46)44-43-53-58(63(47-29-13-3-14-30-47)48-31-15-4-16-32-48)56-54-41-42-55(61-54)57(56)60(65(51-37-21-7-22-38-51)52-39-23-8-24-40-52)59(53)64(49-33-17-5-18-34-49)50-35-19-6-20-36-50/h1-42,54-55H. The van der Waals surface area contributed by atoms with Gasteiger partial charge in [0.1, 0.15) is 12.2 Å². The average Bonchev–Trinajstić information content (AvgIpc) is 4.01. The zero-order valence-corrected chi connectivity index (χ0v) is 39.2. The summed E-state index contributed by atoms with van der Waals surface area (Å²) < 4.78 is 7.21. The Kier molecular flexibility index (Phi) is 12.3. The van der Waals surface area contributed by atoms with E-state index in [1.807, 2.05) is 0 Å². The normalized spacial score (nSPS) is 14.8. The smallest absolute Gasteiger partial charge is 0.103 e. The molecule has 2 aliphatic rings. The topological polar surface area (TPSA) is 9.23 Å². The number of benzene rings is 9. The Hall–Kier alpha value is -6.04. The van der Waals surface area contributed by atoms with Gasteiger partial charge in [0.15, 0.2) is 0 Å². The van der Waals surface area contributed by atoms with Crippen molar-refractivity contribution in [3.05, 3.63) is 271 Å². The van der Waals surface area contributed by atoms with Crippen molar-refractivity contribution < 1.29 is 4.74 Å². The molecule has 65 heavy (non-hydrogen) atoms. The summed E-state index contributed by atoms with van der Waals surface area (Å²) in [5.74, 6) is 4.25. The van der Waals surface area contributed by atoms with Gasteiger partial charge in [-0.1, -0.05) is 266 Å². The molecule has 2 atom stereocenters. The van der Waals surface area contributed by atoms with Crippen LogP contribution in [-0.2, 0) is 4.74 Å². The molecule has 0 amide bonds. The van der Waals surface area contributed by atoms with Gasteiger partial charge in [-0.05, 0) is 66.2 Å². The van der Waals surface area contributed by atoms with Crippen LogP contribution in [0.5, 0.6) is 0 Å². The lowest BCUT2D eigenvalue weighted by Crippen LogP contribution is -2.44. The van der Waals surface area contributed by atoms with Crippen molar-refractivity contribution in [2.45, 2.75) is 12.2 Å². The molecule has 0 saturated heterocycles. The third-order valence-electron chi connectivity index (χ3n) is 11.9. The molecular weight excluding hydrogens is 861 g/mol. The molecule has 2 heterocycles. The first-order valence-electron chi connectivity index (χ1n) is 22.0. The summed E-state index contributed by atoms with van der Waals surface area (Å²) in [5.41, 5.74) is 7.92. The number of ether oxygens (including phenoxy) is 1. The molecule has 5 heteroatoms. The SMILES string of the molecule is C(#CP(c1ccccc1)c1ccccc1)c1c(P(c2ccccc2)c2ccccc2)c2c(c(P(c3ccccc3)c3ccccc3)c1P(c1ccccc1)c1ccccc1)C1C=CC2O1. The van der Waals surface area contributed by atoms with Gasteiger partial charge in [0, 0.05) is 40.5 Å². The van der Waals surface area contributed by atoms with Crippen LogP contribution >= 0.6 is 31.7 Å². The maximum atomic E-state index is 7.21. The Balaban J connectivity index is 1.37. The second-order valence-electron chi connectivity index (χ2n) is 15.9. The lowest BCUT2D eigenvalue weighted by Gasteiger charge is -2.35. The zero-order valence-electron chi connectivity index (χ0n) is 35.6. The van der Waals surface area contributed by atoms with E-state index in [1.54, 1.807) is 0 Å². The van der Waals surface area contributed by atoms with Gasteiger partial charge in [-0.25, -0.2) is 0 Å². The van der Waals surface area contributed by atoms with Gasteiger partial charge < -0.3 is 4.74 Å². The monoisotopic (exact) mass is 904 g/mol. The minimum absolute atomic E-state index is 0.181. The van der Waals surface area contributed by atoms with E-state index in [0.717, 1.165) is 5.56 Å². The van der Waals surface area contributed by atoms with Crippen LogP contribution in [0.15, 0.2) is 255 Å². The molecule has 0 spiro atoms. The zero-order chi connectivity index (χ0) is 43.4. The summed E-state index contributed by atoms with van der Waals surface area (Å²) in [6, 6.07) is 89.3. The fourth-order valence-corrected chi connectivity index (χ4v) is 19.2. The van der Waals surface area contributed by atoms with Gasteiger partial charge in [0.25, 0.3) is 0 Å². The minimum atomic E-state index is -1.18. The predicted molar refractivity (Wildman–Crippen MR) is 284 cm³/mol. The van der Waals surface area contributed by atoms with E-state index in [-0.39, 0.29) is 12.2 Å². The molecule has 0 fully saturated rings. The van der Waals surface area contributed by atoms with Gasteiger partial charge >= 0.3 is 0 Å². The molecule has 0 saturated carbocycles. The molecule has 310 valence electrons. The molecule has 0 radical (unpaired) electrons. The number of rotatable bonds is 11. The molecule has 1 nitrogen and oxygen atoms in total. The first-order chi connectivity index (χ1) is 32.3. The molecule has 9 aromatic rings. The maximum Gasteiger partial charge on any atom is 0.103 e. The molecule has 9 aromatic carbocycles. The molecule has 0 N–H and O–H groups in total. The minimum Gasteiger partial charge on any atom is -0.357 e. The molecule has 2 unspecified atom stereocenters. The molecule has 2 bridgehead atoms. The van der Waals surface area contributed by atoms with Crippen LogP contribution in [-0.4, -0.2) is 0 Å². The highest BCUT2D eigenvalue weighted by molar-refractivity contribution is 7.86. The van der Waals surface area contributed by atoms with Crippen LogP contribution in [0.4, 0.5) is 0 Å². The number of hydrogen-bond acceptors (Lipinski definition) is 1. The predicted octanol–water partition coefficient (Wildman–Crippen LogP) is 10.1. The highest BCUT2D eigenvalue weighted by atomic mass is 31.1. The van der Waals surface area contributed by atoms with E-state index in [0.29, 0.717) is 0 Å². The third-order valence-corrected chi connectivity index (χ3v) is 21.6. The summed E-state index contributed by atoms with van der Waals surface area (Å²) in [6.45, 7) is 0. The number of fused-ring (bicyclic) bond motifs is 5. The second kappa shape index (κ2) is 19.2. The van der Waals surface area contributed by atoms with Crippen LogP contribution in [0.3, 0.4) is 0 Å². The van der Waals surface area contributed by atoms with Crippen molar-refractivity contribution in [1.82, 2.24) is 0 Å². The van der Waals surface area contributed by atoms with Gasteiger partial charge in [-0.2, -0.15) is 0 Å². The molecular formula is C60H44OP4. The van der Waals surface area contributed by atoms with Crippen molar-refractivity contribution in [2.24, 2.45) is 0 Å². The van der Waals surface area contributed by atoms with Gasteiger partial charge in [0.2, 0.25) is 0 Å². The molecule has 0 aliphatic carbocycles. The summed E-state index contributed by atoms with van der Waals surface area (Å²) in [6.07, 6.45) is 4.26. The van der Waals surface area contributed by atoms with Crippen molar-refractivity contribution in [3.63, 3.8) is 0 Å². The van der Waals surface area contributed by atoms with E-state index in [4.69, 9.17) is 4.74 Å². The molecule has 0 aromatic heterocycles. The summed E-state index contributed by atoms with van der Waals surface area (Å²) in [5, 5.41) is 14.4. The van der Waals surface area contributed by atoms with E-state index in [1.165, 1.54) is 69.5 Å². The lowest BCUT2D eigenvalue weighted by molar-refractivity contribution is 0.0885. The van der Waals surface area contributed by atoms with E-state index in [9.17, 15) is 0 Å². The number of hydrogen-bond donors (Lipinski definition) is 0. The first-order valence-corrected chi connectivity index (χ1v) is 27.4. The largest absolute Gasteiger partial charge is 0.357 e. The van der Waals surface area contributed by atoms with Gasteiger partial charge in [-0.15, -0.1) is 0 Å². The first kappa shape index (κ1) is 41.7. The Labute approximate surface area is 387 Å². The van der Waals surface area contributed by atoms with Crippen LogP contribution < -0.4 is 58.3 Å². The van der Waals surface area contributed by atoms with Crippen LogP contribution in [0.25, 0.3) is 0 Å². The Morgan fingerprint density at radius 2 is 0.554 bits per heavy atom. The van der Waals surface area contributed by atoms with E-state index in [2.05, 4.69) is 266 Å². The Morgan fingerprint density at radius 1 is 0.292 bits per heavy atom. The van der Waals surface area contributed by atoms with Crippen molar-refractivity contribution in [1.29, 1.82) is 0 Å². The average molecular weight is 905 g/mol. The van der Waals surface area contributed by atoms with Gasteiger partial charge in [-0.3, -0.25) is 0 Å². The van der Waals surface area contributed by atoms with Crippen molar-refractivity contribution in [3.8, 4) is 11.6 Å². The van der Waals surface area contributed by atoms with Crippen molar-refractivity contribution >= 4 is 90.0 Å². The van der Waals surface area contributed by atoms with Crippen LogP contribution in [0.2, 0.25) is 0 Å². The fourth-order valence-electron chi connectivity index (χ4n) is 9.13. The second-order valence-corrected chi connectivity index (χ2v) is 24.3. The summed E-state index contributed by atoms with van der Waals surface area (Å²) in [4.78, 5) is 0.